The molecule has 1 fully saturated rings. The van der Waals surface area contributed by atoms with E-state index in [-0.39, 0.29) is 34.9 Å². The van der Waals surface area contributed by atoms with Crippen LogP contribution in [0.1, 0.15) is 22.5 Å². The van der Waals surface area contributed by atoms with Gasteiger partial charge in [0.15, 0.2) is 5.65 Å². The van der Waals surface area contributed by atoms with Crippen LogP contribution in [0.5, 0.6) is 5.75 Å². The fourth-order valence-corrected chi connectivity index (χ4v) is 4.19. The van der Waals surface area contributed by atoms with Crippen LogP contribution >= 0.6 is 0 Å². The lowest BCUT2D eigenvalue weighted by atomic mass is 10.1. The summed E-state index contributed by atoms with van der Waals surface area (Å²) in [5.41, 5.74) is 0.924. The number of hydrogen-bond donors (Lipinski definition) is 0. The number of fused-ring (bicyclic) bond motifs is 1. The number of halogens is 3. The zero-order chi connectivity index (χ0) is 23.8. The zero-order valence-corrected chi connectivity index (χ0v) is 18.8. The zero-order valence-electron chi connectivity index (χ0n) is 18.8. The first-order valence-electron chi connectivity index (χ1n) is 10.7. The van der Waals surface area contributed by atoms with Crippen LogP contribution in [0.2, 0.25) is 0 Å². The predicted octanol–water partition coefficient (Wildman–Crippen LogP) is 3.42. The molecule has 176 valence electrons. The first kappa shape index (κ1) is 23.0. The molecular formula is C23H26F3N5O2. The van der Waals surface area contributed by atoms with Crippen molar-refractivity contribution in [3.05, 3.63) is 52.8 Å². The highest BCUT2D eigenvalue weighted by Crippen LogP contribution is 2.36. The fourth-order valence-electron chi connectivity index (χ4n) is 4.19. The predicted molar refractivity (Wildman–Crippen MR) is 117 cm³/mol. The van der Waals surface area contributed by atoms with E-state index in [0.29, 0.717) is 26.2 Å². The fraction of sp³-hybridized carbons (Fsp3) is 0.435. The maximum atomic E-state index is 13.5. The number of aryl methyl sites for hydroxylation is 2. The SMILES string of the molecule is COc1ccc(CN2CCN(C(=O)Cn3nc(C)c4c(C(F)(F)F)cc(C)nc43)CC2)cc1. The molecule has 1 aliphatic rings. The number of carbonyl (C=O) groups is 1. The van der Waals surface area contributed by atoms with Gasteiger partial charge in [-0.3, -0.25) is 9.69 Å². The van der Waals surface area contributed by atoms with Crippen LogP contribution in [0.3, 0.4) is 0 Å². The number of rotatable bonds is 5. The summed E-state index contributed by atoms with van der Waals surface area (Å²) in [5.74, 6) is 0.628. The van der Waals surface area contributed by atoms with Crippen molar-refractivity contribution in [2.24, 2.45) is 0 Å². The van der Waals surface area contributed by atoms with Gasteiger partial charge in [-0.2, -0.15) is 18.3 Å². The first-order valence-corrected chi connectivity index (χ1v) is 10.7. The Bertz CT molecular complexity index is 1150. The van der Waals surface area contributed by atoms with Crippen molar-refractivity contribution in [3.63, 3.8) is 0 Å². The maximum absolute atomic E-state index is 13.5. The number of pyridine rings is 1. The molecule has 3 heterocycles. The van der Waals surface area contributed by atoms with Gasteiger partial charge in [-0.15, -0.1) is 0 Å². The Morgan fingerprint density at radius 1 is 1.09 bits per heavy atom. The van der Waals surface area contributed by atoms with E-state index < -0.39 is 11.7 Å². The Labute approximate surface area is 189 Å². The summed E-state index contributed by atoms with van der Waals surface area (Å²) in [6, 6.07) is 8.90. The highest BCUT2D eigenvalue weighted by atomic mass is 19.4. The van der Waals surface area contributed by atoms with Crippen LogP contribution in [0.15, 0.2) is 30.3 Å². The van der Waals surface area contributed by atoms with Crippen LogP contribution in [0.25, 0.3) is 11.0 Å². The molecular weight excluding hydrogens is 435 g/mol. The summed E-state index contributed by atoms with van der Waals surface area (Å²) in [6.07, 6.45) is -4.52. The molecule has 1 aromatic carbocycles. The van der Waals surface area contributed by atoms with Crippen LogP contribution < -0.4 is 4.74 Å². The molecule has 1 amide bonds. The average Bonchev–Trinajstić information content (AvgIpc) is 3.08. The van der Waals surface area contributed by atoms with E-state index in [0.717, 1.165) is 23.9 Å². The molecule has 0 aliphatic carbocycles. The Hall–Kier alpha value is -3.14. The van der Waals surface area contributed by atoms with E-state index in [9.17, 15) is 18.0 Å². The van der Waals surface area contributed by atoms with Crippen LogP contribution in [0.4, 0.5) is 13.2 Å². The third kappa shape index (κ3) is 4.95. The van der Waals surface area contributed by atoms with E-state index in [4.69, 9.17) is 4.74 Å². The highest BCUT2D eigenvalue weighted by molar-refractivity contribution is 5.85. The molecule has 0 saturated carbocycles. The minimum Gasteiger partial charge on any atom is -0.497 e. The molecule has 0 unspecified atom stereocenters. The maximum Gasteiger partial charge on any atom is 0.417 e. The van der Waals surface area contributed by atoms with Gasteiger partial charge in [0.2, 0.25) is 5.91 Å². The van der Waals surface area contributed by atoms with Crippen molar-refractivity contribution in [2.75, 3.05) is 33.3 Å². The minimum absolute atomic E-state index is 0.0507. The molecule has 1 saturated heterocycles. The van der Waals surface area contributed by atoms with Crippen LogP contribution in [0, 0.1) is 13.8 Å². The molecule has 33 heavy (non-hydrogen) atoms. The van der Waals surface area contributed by atoms with Gasteiger partial charge in [-0.25, -0.2) is 9.67 Å². The van der Waals surface area contributed by atoms with E-state index in [1.807, 2.05) is 24.3 Å². The number of nitrogens with zero attached hydrogens (tertiary/aromatic N) is 5. The van der Waals surface area contributed by atoms with Crippen molar-refractivity contribution >= 4 is 16.9 Å². The molecule has 0 bridgehead atoms. The third-order valence-electron chi connectivity index (χ3n) is 5.89. The molecule has 0 N–H and O–H groups in total. The summed E-state index contributed by atoms with van der Waals surface area (Å²) in [6.45, 7) is 6.17. The quantitative estimate of drug-likeness (QED) is 0.583. The molecule has 0 atom stereocenters. The third-order valence-corrected chi connectivity index (χ3v) is 5.89. The van der Waals surface area contributed by atoms with Crippen molar-refractivity contribution < 1.29 is 22.7 Å². The summed E-state index contributed by atoms with van der Waals surface area (Å²) < 4.78 is 47.0. The number of ether oxygens (including phenoxy) is 1. The molecule has 10 heteroatoms. The monoisotopic (exact) mass is 461 g/mol. The van der Waals surface area contributed by atoms with Gasteiger partial charge in [-0.1, -0.05) is 12.1 Å². The summed E-state index contributed by atoms with van der Waals surface area (Å²) in [4.78, 5) is 21.2. The van der Waals surface area contributed by atoms with E-state index in [2.05, 4.69) is 15.0 Å². The van der Waals surface area contributed by atoms with Gasteiger partial charge in [0.25, 0.3) is 0 Å². The van der Waals surface area contributed by atoms with Gasteiger partial charge >= 0.3 is 6.18 Å². The Kier molecular flexibility index (Phi) is 6.29. The van der Waals surface area contributed by atoms with Crippen LogP contribution in [-0.2, 0) is 24.1 Å². The normalized spacial score (nSPS) is 15.3. The summed E-state index contributed by atoms with van der Waals surface area (Å²) in [5, 5.41) is 4.16. The second-order valence-corrected chi connectivity index (χ2v) is 8.26. The Morgan fingerprint density at radius 3 is 2.36 bits per heavy atom. The van der Waals surface area contributed by atoms with Crippen molar-refractivity contribution in [3.8, 4) is 5.75 Å². The second-order valence-electron chi connectivity index (χ2n) is 8.26. The summed E-state index contributed by atoms with van der Waals surface area (Å²) >= 11 is 0. The molecule has 2 aromatic heterocycles. The lowest BCUT2D eigenvalue weighted by molar-refractivity contribution is -0.136. The van der Waals surface area contributed by atoms with E-state index in [1.165, 1.54) is 18.5 Å². The number of amides is 1. The molecule has 1 aliphatic heterocycles. The average molecular weight is 461 g/mol. The number of benzene rings is 1. The number of methoxy groups -OCH3 is 1. The molecule has 3 aromatic rings. The lowest BCUT2D eigenvalue weighted by Gasteiger charge is -2.34. The van der Waals surface area contributed by atoms with E-state index in [1.54, 1.807) is 12.0 Å². The second kappa shape index (κ2) is 9.01. The first-order chi connectivity index (χ1) is 15.7. The molecule has 0 radical (unpaired) electrons. The van der Waals surface area contributed by atoms with Gasteiger partial charge in [0.1, 0.15) is 12.3 Å². The molecule has 4 rings (SSSR count). The standard InChI is InChI=1S/C23H26F3N5O2/c1-15-12-19(23(24,25)26)21-16(2)28-31(22(21)27-15)14-20(32)30-10-8-29(9-11-30)13-17-4-6-18(33-3)7-5-17/h4-7,12H,8-11,13-14H2,1-3H3. The molecule has 7 nitrogen and oxygen atoms in total. The largest absolute Gasteiger partial charge is 0.497 e. The Morgan fingerprint density at radius 2 is 1.76 bits per heavy atom. The number of carbonyl (C=O) groups excluding carboxylic acids is 1. The number of hydrogen-bond acceptors (Lipinski definition) is 5. The van der Waals surface area contributed by atoms with Crippen LogP contribution in [-0.4, -0.2) is 63.8 Å². The van der Waals surface area contributed by atoms with Crippen molar-refractivity contribution in [1.29, 1.82) is 0 Å². The van der Waals surface area contributed by atoms with Crippen molar-refractivity contribution in [2.45, 2.75) is 33.1 Å². The highest BCUT2D eigenvalue weighted by Gasteiger charge is 2.35. The van der Waals surface area contributed by atoms with E-state index >= 15 is 0 Å². The topological polar surface area (TPSA) is 63.5 Å². The lowest BCUT2D eigenvalue weighted by Crippen LogP contribution is -2.49. The molecule has 0 spiro atoms. The Balaban J connectivity index is 1.42. The van der Waals surface area contributed by atoms with Gasteiger partial charge < -0.3 is 9.64 Å². The van der Waals surface area contributed by atoms with Crippen molar-refractivity contribution in [1.82, 2.24) is 24.6 Å². The smallest absolute Gasteiger partial charge is 0.417 e. The van der Waals surface area contributed by atoms with Gasteiger partial charge in [-0.05, 0) is 37.6 Å². The summed E-state index contributed by atoms with van der Waals surface area (Å²) in [7, 11) is 1.63. The van der Waals surface area contributed by atoms with Gasteiger partial charge in [0, 0.05) is 38.4 Å². The number of aromatic nitrogens is 3. The number of alkyl halides is 3. The van der Waals surface area contributed by atoms with Gasteiger partial charge in [0.05, 0.1) is 23.8 Å². The number of piperazine rings is 1. The minimum atomic E-state index is -4.52.